The number of alkyl halides is 3. The van der Waals surface area contributed by atoms with Crippen molar-refractivity contribution in [1.29, 1.82) is 0 Å². The molecule has 1 aliphatic rings. The maximum absolute atomic E-state index is 14.5. The van der Waals surface area contributed by atoms with E-state index in [4.69, 9.17) is 16.2 Å². The summed E-state index contributed by atoms with van der Waals surface area (Å²) >= 11 is 13.5. The number of hydrogen-bond acceptors (Lipinski definition) is 19. The highest BCUT2D eigenvalue weighted by molar-refractivity contribution is 8.40. The molecular formula is C56H84ClF2N7O17P2S2. The van der Waals surface area contributed by atoms with Crippen LogP contribution in [0.3, 0.4) is 0 Å². The van der Waals surface area contributed by atoms with E-state index in [1.165, 1.54) is 6.38 Å². The molecule has 488 valence electrons. The Morgan fingerprint density at radius 1 is 0.713 bits per heavy atom. The highest BCUT2D eigenvalue weighted by Gasteiger charge is 2.59. The topological polar surface area (TPSA) is 398 Å². The maximum atomic E-state index is 14.5. The molecule has 24 nitrogen and oxygen atoms in total. The highest BCUT2D eigenvalue weighted by Crippen LogP contribution is 2.42. The molecule has 0 bridgehead atoms. The molecule has 0 radical (unpaired) electrons. The number of carboxylic acid groups (broad SMARTS) is 1. The average molecular weight is 1330 g/mol. The lowest BCUT2D eigenvalue weighted by atomic mass is 9.81. The fourth-order valence-electron chi connectivity index (χ4n) is 8.43. The van der Waals surface area contributed by atoms with Crippen LogP contribution in [-0.2, 0) is 76.3 Å². The third-order valence-corrected chi connectivity index (χ3v) is 16.2. The summed E-state index contributed by atoms with van der Waals surface area (Å²) in [7, 11) is 1.74. The molecule has 1 fully saturated rings. The Balaban J connectivity index is 0. The lowest BCUT2D eigenvalue weighted by molar-refractivity contribution is -0.145. The van der Waals surface area contributed by atoms with Crippen molar-refractivity contribution in [1.82, 2.24) is 20.2 Å². The molecule has 5 amide bonds. The van der Waals surface area contributed by atoms with Gasteiger partial charge >= 0.3 is 29.6 Å². The van der Waals surface area contributed by atoms with Gasteiger partial charge in [0.05, 0.1) is 12.5 Å². The summed E-state index contributed by atoms with van der Waals surface area (Å²) in [5.74, 6) is -12.2. The van der Waals surface area contributed by atoms with Crippen molar-refractivity contribution in [2.75, 3.05) is 31.4 Å². The van der Waals surface area contributed by atoms with Gasteiger partial charge in [-0.2, -0.15) is 13.8 Å². The number of aromatic nitrogens is 2. The minimum Gasteiger partial charge on any atom is -0.481 e. The summed E-state index contributed by atoms with van der Waals surface area (Å²) in [5, 5.41) is 35.5. The fourth-order valence-corrected chi connectivity index (χ4v) is 8.43. The van der Waals surface area contributed by atoms with Gasteiger partial charge in [-0.05, 0) is 92.2 Å². The minimum absolute atomic E-state index is 0.00254. The van der Waals surface area contributed by atoms with Crippen LogP contribution in [0.4, 0.5) is 24.2 Å². The molecule has 0 spiro atoms. The molecule has 1 aromatic heterocycles. The summed E-state index contributed by atoms with van der Waals surface area (Å²) in [6.45, 7) is 16.6. The first-order valence-electron chi connectivity index (χ1n) is 27.7. The number of urea groups is 2. The van der Waals surface area contributed by atoms with Gasteiger partial charge in [0.15, 0.2) is 17.7 Å². The first-order valence-corrected chi connectivity index (χ1v) is 33.0. The Labute approximate surface area is 523 Å². The Morgan fingerprint density at radius 2 is 1.10 bits per heavy atom. The van der Waals surface area contributed by atoms with E-state index in [0.29, 0.717) is 22.1 Å². The number of aliphatic hydroxyl groups is 2. The number of rotatable bonds is 40. The minimum atomic E-state index is -3.94. The van der Waals surface area contributed by atoms with Crippen molar-refractivity contribution in [3.05, 3.63) is 47.1 Å². The number of primary amides is 2. The van der Waals surface area contributed by atoms with Gasteiger partial charge in [-0.1, -0.05) is 40.9 Å². The highest BCUT2D eigenvalue weighted by atomic mass is 35.5. The predicted octanol–water partition coefficient (Wildman–Crippen LogP) is 6.77. The molecule has 87 heavy (non-hydrogen) atoms. The van der Waals surface area contributed by atoms with Crippen LogP contribution < -0.4 is 33.1 Å². The number of aliphatic hydroxyl groups excluding tert-OH is 2. The summed E-state index contributed by atoms with van der Waals surface area (Å²) in [4.78, 5) is 161. The van der Waals surface area contributed by atoms with E-state index in [-0.39, 0.29) is 168 Å². The number of nitrogens with one attached hydrogen (secondary N) is 3. The van der Waals surface area contributed by atoms with Crippen molar-refractivity contribution in [2.45, 2.75) is 169 Å². The zero-order valence-corrected chi connectivity index (χ0v) is 54.3. The van der Waals surface area contributed by atoms with E-state index in [1.807, 2.05) is 0 Å². The summed E-state index contributed by atoms with van der Waals surface area (Å²) in [6.07, 6.45) is -4.01. The van der Waals surface area contributed by atoms with Crippen LogP contribution in [0, 0.1) is 35.5 Å². The Bertz CT molecular complexity index is 2640. The second-order valence-electron chi connectivity index (χ2n) is 21.1. The summed E-state index contributed by atoms with van der Waals surface area (Å²) in [6, 6.07) is -0.459. The molecule has 0 aromatic carbocycles. The van der Waals surface area contributed by atoms with Gasteiger partial charge in [0, 0.05) is 135 Å². The number of ketones is 8. The number of amides is 5. The number of nitrogens with two attached hydrogens (primary N) is 2. The third kappa shape index (κ3) is 34.0. The molecule has 1 aromatic rings. The predicted molar refractivity (Wildman–Crippen MR) is 329 cm³/mol. The fraction of sp³-hybridized carbons (Fsp3) is 0.643. The van der Waals surface area contributed by atoms with Crippen LogP contribution in [0.2, 0.25) is 0 Å². The van der Waals surface area contributed by atoms with Crippen LogP contribution in [0.25, 0.3) is 0 Å². The normalized spacial score (nSPS) is 16.1. The smallest absolute Gasteiger partial charge is 0.351 e. The monoisotopic (exact) mass is 1330 g/mol. The van der Waals surface area contributed by atoms with E-state index in [0.717, 1.165) is 26.4 Å². The molecule has 2 heterocycles. The van der Waals surface area contributed by atoms with Gasteiger partial charge in [-0.15, -0.1) is 11.6 Å². The average Bonchev–Trinajstić information content (AvgIpc) is 2.14. The van der Waals surface area contributed by atoms with E-state index in [2.05, 4.69) is 69.3 Å². The van der Waals surface area contributed by atoms with Crippen LogP contribution in [-0.4, -0.2) is 139 Å². The van der Waals surface area contributed by atoms with Crippen molar-refractivity contribution in [3.8, 4) is 0 Å². The van der Waals surface area contributed by atoms with E-state index in [9.17, 15) is 86.4 Å². The van der Waals surface area contributed by atoms with Gasteiger partial charge in [0.2, 0.25) is 12.1 Å². The van der Waals surface area contributed by atoms with Crippen LogP contribution in [0.1, 0.15) is 151 Å². The van der Waals surface area contributed by atoms with E-state index >= 15 is 0 Å². The van der Waals surface area contributed by atoms with Gasteiger partial charge in [0.25, 0.3) is 0 Å². The number of aliphatic carboxylic acids is 1. The Hall–Kier alpha value is -5.73. The maximum Gasteiger partial charge on any atom is 0.351 e. The van der Waals surface area contributed by atoms with Crippen molar-refractivity contribution < 1.29 is 86.4 Å². The molecule has 2 rings (SSSR count). The number of anilines is 1. The summed E-state index contributed by atoms with van der Waals surface area (Å²) < 4.78 is 34.4. The Kier molecular flexibility index (Phi) is 42.8. The zero-order chi connectivity index (χ0) is 67.3. The second-order valence-corrected chi connectivity index (χ2v) is 25.3. The number of carbonyl (C=O) groups excluding carboxylic acids is 11. The van der Waals surface area contributed by atoms with Crippen molar-refractivity contribution in [3.63, 3.8) is 0 Å². The molecule has 1 aliphatic heterocycles. The van der Waals surface area contributed by atoms with Gasteiger partial charge < -0.3 is 47.5 Å². The number of ether oxygens (including phenoxy) is 1. The van der Waals surface area contributed by atoms with E-state index < -0.39 is 90.0 Å². The molecule has 7 atom stereocenters. The van der Waals surface area contributed by atoms with Gasteiger partial charge in [-0.3, -0.25) is 52.5 Å². The quantitative estimate of drug-likeness (QED) is 0.0145. The molecular weight excluding hydrogens is 1240 g/mol. The standard InChI is InChI=1S/C32H45F2N5O10.C23H36N2O7.CH3Cl.P2S2/c1-17(2)22(15-21(42)8-7-20(41)9-10-23(43)18(3)4)24(44)14-19(6-5-12-36-30(35)47)28(46)37-26-11-13-39(31(48)38-26)29-32(33,34)27(45)25(16-40)49-29;1-14(2)19(13-18(27)8-7-17(26)9-10-20(28)15(3)4)21(29)12-16(22(30)31)6-5-11-25-23(24)32;1-2;3-1-2-4/h11,13,17,19,22,25,27,29,40,45H,3,5-10,12,14-16H2,1-2,4H3,(H3,35,36,47)(H,37,38,46,48);14,16,19H,3,5-13H2,1-2,4H3,(H,30,31)(H3,24,25,32);1H3;/t19?,22?,25-,27-,29-;;;/m1.../s1. The molecule has 31 heteroatoms. The largest absolute Gasteiger partial charge is 0.481 e. The van der Waals surface area contributed by atoms with Gasteiger partial charge in [0.1, 0.15) is 46.6 Å². The molecule has 1 saturated heterocycles. The van der Waals surface area contributed by atoms with Crippen molar-refractivity contribution >= 4 is 125 Å². The summed E-state index contributed by atoms with van der Waals surface area (Å²) in [5.41, 5.74) is 9.52. The third-order valence-electron chi connectivity index (χ3n) is 13.5. The van der Waals surface area contributed by atoms with Crippen LogP contribution in [0.5, 0.6) is 0 Å². The van der Waals surface area contributed by atoms with Gasteiger partial charge in [-0.25, -0.2) is 14.4 Å². The number of halogens is 3. The van der Waals surface area contributed by atoms with Crippen LogP contribution >= 0.6 is 25.7 Å². The second kappa shape index (κ2) is 44.7. The van der Waals surface area contributed by atoms with E-state index in [1.54, 1.807) is 41.5 Å². The van der Waals surface area contributed by atoms with Crippen LogP contribution in [0.15, 0.2) is 41.4 Å². The first kappa shape index (κ1) is 83.3. The number of carboxylic acids is 1. The number of Topliss-reactive ketones (excluding diaryl/α,β-unsaturated/α-hetero) is 8. The molecule has 10 N–H and O–H groups in total. The number of nitrogens with zero attached hydrogens (tertiary/aromatic N) is 2. The zero-order valence-electron chi connectivity index (χ0n) is 50.2. The Morgan fingerprint density at radius 3 is 1.45 bits per heavy atom. The lowest BCUT2D eigenvalue weighted by Crippen LogP contribution is -2.42. The number of hydrogen-bond donors (Lipinski definition) is 8. The van der Waals surface area contributed by atoms with Crippen molar-refractivity contribution in [2.24, 2.45) is 47.0 Å². The SMILES string of the molecule is C=C(C)C(=O)CCC(=O)CCC(=O)CC(C(=O)CC(CCCNC(N)=O)C(=O)Nc1ccn([C@@H]2O[C@H](CO)[C@@H](O)C2(F)F)c(=O)n1)C(C)C.C=C(C)C(=O)CCC(=O)CCC(=O)CC(C(=O)CC(CCCNC(N)=O)C(=O)O)C(C)C.CCl.S=PP=S. The number of carbonyl (C=O) groups is 12. The molecule has 0 saturated carbocycles. The first-order chi connectivity index (χ1) is 40.6. The molecule has 4 unspecified atom stereocenters. The lowest BCUT2D eigenvalue weighted by Gasteiger charge is -2.23. The molecule has 0 aliphatic carbocycles. The number of allylic oxidation sites excluding steroid dienone is 2.